The topological polar surface area (TPSA) is 60.4 Å². The number of carboxylic acids is 1. The molecular weight excluding hydrogens is 261 g/mol. The molecule has 7 heteroatoms. The number of rotatable bonds is 2. The van der Waals surface area contributed by atoms with E-state index in [2.05, 4.69) is 0 Å². The summed E-state index contributed by atoms with van der Waals surface area (Å²) in [5.74, 6) is -1.87. The van der Waals surface area contributed by atoms with Gasteiger partial charge in [-0.15, -0.1) is 11.8 Å². The molecule has 15 heavy (non-hydrogen) atoms. The van der Waals surface area contributed by atoms with Crippen LogP contribution in [0.25, 0.3) is 0 Å². The second-order valence-corrected chi connectivity index (χ2v) is 4.67. The van der Waals surface area contributed by atoms with Gasteiger partial charge in [0.2, 0.25) is 5.91 Å². The van der Waals surface area contributed by atoms with Crippen LogP contribution in [0.2, 0.25) is 0 Å². The summed E-state index contributed by atoms with van der Waals surface area (Å²) in [5, 5.41) is 12.0. The number of thiocarbonyl (C=S) groups is 1. The molecule has 0 spiro atoms. The number of amides is 1. The Morgan fingerprint density at radius 3 is 2.73 bits per heavy atom. The van der Waals surface area contributed by atoms with Gasteiger partial charge in [-0.2, -0.15) is 0 Å². The second-order valence-electron chi connectivity index (χ2n) is 3.07. The van der Waals surface area contributed by atoms with Crippen LogP contribution in [-0.4, -0.2) is 27.5 Å². The Labute approximate surface area is 139 Å². The second kappa shape index (κ2) is 4.95. The quantitative estimate of drug-likeness (QED) is 0.295. The molecule has 0 aromatic heterocycles. The Kier molecular flexibility index (Phi) is 4.56. The van der Waals surface area contributed by atoms with Crippen molar-refractivity contribution in [3.63, 3.8) is 0 Å². The number of carboxylic acid groups (broad SMARTS) is 1. The van der Waals surface area contributed by atoms with Crippen molar-refractivity contribution in [2.24, 2.45) is 5.92 Å². The van der Waals surface area contributed by atoms with Crippen molar-refractivity contribution in [1.82, 2.24) is 4.90 Å². The van der Waals surface area contributed by atoms with E-state index >= 15 is 0 Å². The van der Waals surface area contributed by atoms with Gasteiger partial charge in [-0.1, -0.05) is 12.2 Å². The van der Waals surface area contributed by atoms with Crippen molar-refractivity contribution < 1.29 is 66.1 Å². The van der Waals surface area contributed by atoms with E-state index in [0.29, 0.717) is 4.91 Å². The van der Waals surface area contributed by atoms with Crippen molar-refractivity contribution in [2.75, 3.05) is 0 Å². The molecule has 4 nitrogen and oxygen atoms in total. The van der Waals surface area contributed by atoms with Crippen LogP contribution in [0, 0.1) is 5.92 Å². The third kappa shape index (κ3) is 1.99. The summed E-state index contributed by atoms with van der Waals surface area (Å²) < 4.78 is 0. The summed E-state index contributed by atoms with van der Waals surface area (Å²) in [6, 6.07) is 0. The molecule has 1 saturated heterocycles. The van der Waals surface area contributed by atoms with Gasteiger partial charge < -0.3 is 9.90 Å². The van der Waals surface area contributed by atoms with Crippen LogP contribution in [0.15, 0.2) is 10.6 Å². The molecule has 1 fully saturated rings. The molecule has 0 aromatic rings. The van der Waals surface area contributed by atoms with Gasteiger partial charge in [0, 0.05) is 4.91 Å². The van der Waals surface area contributed by atoms with E-state index < -0.39 is 5.97 Å². The van der Waals surface area contributed by atoms with Gasteiger partial charge in [-0.25, -0.2) is 0 Å². The first kappa shape index (κ1) is 13.8. The average molecular weight is 267 g/mol. The molecule has 2 aliphatic rings. The van der Waals surface area contributed by atoms with Crippen molar-refractivity contribution >= 4 is 41.2 Å². The predicted octanol–water partition coefficient (Wildman–Crippen LogP) is -3.50. The van der Waals surface area contributed by atoms with E-state index in [1.165, 1.54) is 22.0 Å². The van der Waals surface area contributed by atoms with Crippen LogP contribution >= 0.6 is 24.0 Å². The summed E-state index contributed by atoms with van der Waals surface area (Å²) in [5.41, 5.74) is -0.00176. The van der Waals surface area contributed by atoms with Crippen molar-refractivity contribution in [3.8, 4) is 0 Å². The van der Waals surface area contributed by atoms with Gasteiger partial charge in [0.15, 0.2) is 0 Å². The fourth-order valence-corrected chi connectivity index (χ4v) is 3.30. The molecule has 1 amide bonds. The minimum atomic E-state index is -1.30. The van der Waals surface area contributed by atoms with E-state index in [1.807, 2.05) is 0 Å². The molecule has 0 saturated carbocycles. The van der Waals surface area contributed by atoms with Crippen LogP contribution < -0.4 is 56.5 Å². The average Bonchev–Trinajstić information content (AvgIpc) is 2.40. The molecule has 0 aliphatic carbocycles. The number of allylic oxidation sites excluding steroid dienone is 1. The van der Waals surface area contributed by atoms with Gasteiger partial charge in [0.05, 0.1) is 17.6 Å². The van der Waals surface area contributed by atoms with Crippen LogP contribution in [0.4, 0.5) is 0 Å². The fourth-order valence-electron chi connectivity index (χ4n) is 1.62. The van der Waals surface area contributed by atoms with Gasteiger partial charge >= 0.3 is 51.4 Å². The summed E-state index contributed by atoms with van der Waals surface area (Å²) in [6.45, 7) is 1.67. The minimum absolute atomic E-state index is 0. The number of fused-ring (bicyclic) bond motifs is 1. The number of carbonyl (C=O) groups excluding carboxylic acids is 2. The molecule has 0 radical (unpaired) electrons. The first-order valence-electron chi connectivity index (χ1n) is 3.95. The predicted molar refractivity (Wildman–Crippen MR) is 53.1 cm³/mol. The first-order valence-corrected chi connectivity index (χ1v) is 5.30. The molecule has 2 rings (SSSR count). The van der Waals surface area contributed by atoms with E-state index in [0.717, 1.165) is 0 Å². The van der Waals surface area contributed by atoms with E-state index in [-0.39, 0.29) is 74.3 Å². The third-order valence-corrected chi connectivity index (χ3v) is 3.88. The number of thioether (sulfide) groups is 1. The minimum Gasteiger partial charge on any atom is -0.543 e. The molecule has 2 atom stereocenters. The third-order valence-electron chi connectivity index (χ3n) is 2.30. The summed E-state index contributed by atoms with van der Waals surface area (Å²) >= 11 is 6.06. The Bertz CT molecular complexity index is 382. The maximum Gasteiger partial charge on any atom is 1.00 e. The van der Waals surface area contributed by atoms with Crippen molar-refractivity contribution in [1.29, 1.82) is 0 Å². The number of aliphatic carboxylic acids is 1. The molecule has 74 valence electrons. The summed E-state index contributed by atoms with van der Waals surface area (Å²) in [6.07, 6.45) is 0. The van der Waals surface area contributed by atoms with Crippen LogP contribution in [0.5, 0.6) is 0 Å². The van der Waals surface area contributed by atoms with E-state index in [4.69, 9.17) is 12.2 Å². The number of hydrogen-bond acceptors (Lipinski definition) is 5. The Balaban J connectivity index is 0.00000112. The number of nitrogens with zero attached hydrogens (tertiary/aromatic N) is 1. The smallest absolute Gasteiger partial charge is 0.543 e. The molecular formula is C8H6KNO3S2. The Morgan fingerprint density at radius 1 is 1.67 bits per heavy atom. The normalized spacial score (nSPS) is 28.1. The number of hydrogen-bond donors (Lipinski definition) is 0. The van der Waals surface area contributed by atoms with Gasteiger partial charge in [0.1, 0.15) is 5.37 Å². The number of β-lactam (4-membered cyclic amide) rings is 1. The zero-order valence-corrected chi connectivity index (χ0v) is 13.0. The molecule has 0 bridgehead atoms. The van der Waals surface area contributed by atoms with E-state index in [9.17, 15) is 14.7 Å². The maximum atomic E-state index is 11.4. The summed E-state index contributed by atoms with van der Waals surface area (Å²) in [4.78, 5) is 24.0. The van der Waals surface area contributed by atoms with Crippen LogP contribution in [-0.2, 0) is 9.59 Å². The zero-order valence-electron chi connectivity index (χ0n) is 8.22. The Morgan fingerprint density at radius 2 is 2.27 bits per heavy atom. The SMILES string of the molecule is CC1=C(C(=O)[O-])N2C(=O)C(C=S)[C@@H]2S1.[K+]. The van der Waals surface area contributed by atoms with Gasteiger partial charge in [0.25, 0.3) is 0 Å². The largest absolute Gasteiger partial charge is 1.00 e. The molecule has 1 unspecified atom stereocenters. The first-order chi connectivity index (χ1) is 6.57. The molecule has 0 N–H and O–H groups in total. The molecule has 2 heterocycles. The molecule has 2 aliphatic heterocycles. The molecule has 0 aromatic carbocycles. The standard InChI is InChI=1S/C8H7NO3S2.K/c1-3-5(8(11)12)9-6(10)4(2-13)7(9)14-3;/h2,4,7H,1H3,(H,11,12);/q;+1/p-1/t4?,7-;/m0./s1. The summed E-state index contributed by atoms with van der Waals surface area (Å²) in [7, 11) is 0. The van der Waals surface area contributed by atoms with Crippen LogP contribution in [0.3, 0.4) is 0 Å². The Hall–Kier alpha value is 0.756. The monoisotopic (exact) mass is 267 g/mol. The maximum absolute atomic E-state index is 11.4. The zero-order chi connectivity index (χ0) is 10.5. The van der Waals surface area contributed by atoms with Gasteiger partial charge in [-0.3, -0.25) is 9.69 Å². The van der Waals surface area contributed by atoms with Crippen molar-refractivity contribution in [3.05, 3.63) is 10.6 Å². The number of carbonyl (C=O) groups is 2. The fraction of sp³-hybridized carbons (Fsp3) is 0.375. The van der Waals surface area contributed by atoms with Crippen LogP contribution in [0.1, 0.15) is 6.92 Å². The van der Waals surface area contributed by atoms with Crippen molar-refractivity contribution in [2.45, 2.75) is 12.3 Å². The van der Waals surface area contributed by atoms with E-state index in [1.54, 1.807) is 6.92 Å². The van der Waals surface area contributed by atoms with Gasteiger partial charge in [-0.05, 0) is 12.3 Å².